The van der Waals surface area contributed by atoms with Crippen molar-refractivity contribution >= 4 is 0 Å². The molecule has 0 bridgehead atoms. The molecule has 0 atom stereocenters. The molecule has 20 heavy (non-hydrogen) atoms. The Kier molecular flexibility index (Phi) is 3.60. The SMILES string of the molecule is Cc1nn(-c2ccc(C(F)(F)F)c(CN)c2)c(C)c1C. The predicted octanol–water partition coefficient (Wildman–Crippen LogP) is 3.28. The fourth-order valence-electron chi connectivity index (χ4n) is 2.13. The molecule has 0 aliphatic carbocycles. The summed E-state index contributed by atoms with van der Waals surface area (Å²) in [7, 11) is 0. The van der Waals surface area contributed by atoms with Crippen LogP contribution in [0.15, 0.2) is 18.2 Å². The summed E-state index contributed by atoms with van der Waals surface area (Å²) >= 11 is 0. The Bertz CT molecular complexity index is 642. The van der Waals surface area contributed by atoms with E-state index in [0.29, 0.717) is 5.69 Å². The number of benzene rings is 1. The van der Waals surface area contributed by atoms with Gasteiger partial charge >= 0.3 is 6.18 Å². The fourth-order valence-corrected chi connectivity index (χ4v) is 2.13. The Balaban J connectivity index is 2.57. The molecular formula is C14H16F3N3. The lowest BCUT2D eigenvalue weighted by molar-refractivity contribution is -0.138. The van der Waals surface area contributed by atoms with Crippen molar-refractivity contribution < 1.29 is 13.2 Å². The quantitative estimate of drug-likeness (QED) is 0.919. The molecule has 1 aromatic carbocycles. The molecule has 1 aromatic heterocycles. The summed E-state index contributed by atoms with van der Waals surface area (Å²) in [6.45, 7) is 5.52. The van der Waals surface area contributed by atoms with Gasteiger partial charge in [-0.3, -0.25) is 0 Å². The average molecular weight is 283 g/mol. The maximum atomic E-state index is 12.8. The van der Waals surface area contributed by atoms with Crippen LogP contribution in [0, 0.1) is 20.8 Å². The molecule has 0 radical (unpaired) electrons. The van der Waals surface area contributed by atoms with Crippen LogP contribution in [0.1, 0.15) is 28.1 Å². The lowest BCUT2D eigenvalue weighted by Gasteiger charge is -2.14. The first-order valence-corrected chi connectivity index (χ1v) is 6.19. The molecule has 2 aromatic rings. The largest absolute Gasteiger partial charge is 0.416 e. The average Bonchev–Trinajstić information content (AvgIpc) is 2.64. The van der Waals surface area contributed by atoms with Crippen molar-refractivity contribution in [3.05, 3.63) is 46.3 Å². The first-order valence-electron chi connectivity index (χ1n) is 6.19. The number of aromatic nitrogens is 2. The maximum absolute atomic E-state index is 12.8. The van der Waals surface area contributed by atoms with Crippen LogP contribution >= 0.6 is 0 Å². The zero-order chi connectivity index (χ0) is 15.1. The highest BCUT2D eigenvalue weighted by atomic mass is 19.4. The number of alkyl halides is 3. The van der Waals surface area contributed by atoms with E-state index in [1.54, 1.807) is 4.68 Å². The Hall–Kier alpha value is -1.82. The molecule has 2 N–H and O–H groups in total. The van der Waals surface area contributed by atoms with Crippen molar-refractivity contribution in [3.8, 4) is 5.69 Å². The molecule has 108 valence electrons. The molecule has 6 heteroatoms. The van der Waals surface area contributed by atoms with E-state index in [0.717, 1.165) is 23.0 Å². The van der Waals surface area contributed by atoms with Gasteiger partial charge in [0.1, 0.15) is 0 Å². The van der Waals surface area contributed by atoms with Gasteiger partial charge in [-0.25, -0.2) is 4.68 Å². The van der Waals surface area contributed by atoms with Crippen LogP contribution in [-0.4, -0.2) is 9.78 Å². The fraction of sp³-hybridized carbons (Fsp3) is 0.357. The number of rotatable bonds is 2. The van der Waals surface area contributed by atoms with Gasteiger partial charge in [-0.1, -0.05) is 0 Å². The van der Waals surface area contributed by atoms with Crippen LogP contribution in [0.2, 0.25) is 0 Å². The zero-order valence-electron chi connectivity index (χ0n) is 11.5. The van der Waals surface area contributed by atoms with Gasteiger partial charge in [-0.2, -0.15) is 18.3 Å². The number of aryl methyl sites for hydroxylation is 1. The molecule has 2 rings (SSSR count). The van der Waals surface area contributed by atoms with Crippen LogP contribution in [0.3, 0.4) is 0 Å². The molecular weight excluding hydrogens is 267 g/mol. The number of halogens is 3. The van der Waals surface area contributed by atoms with Crippen molar-refractivity contribution in [3.63, 3.8) is 0 Å². The van der Waals surface area contributed by atoms with Crippen LogP contribution < -0.4 is 5.73 Å². The summed E-state index contributed by atoms with van der Waals surface area (Å²) in [5, 5.41) is 4.34. The van der Waals surface area contributed by atoms with Crippen molar-refractivity contribution in [2.24, 2.45) is 5.73 Å². The molecule has 0 aliphatic rings. The monoisotopic (exact) mass is 283 g/mol. The number of nitrogens with two attached hydrogens (primary N) is 1. The van der Waals surface area contributed by atoms with E-state index in [2.05, 4.69) is 5.10 Å². The minimum absolute atomic E-state index is 0.0696. The van der Waals surface area contributed by atoms with Gasteiger partial charge in [-0.15, -0.1) is 0 Å². The first-order chi connectivity index (χ1) is 9.25. The molecule has 0 spiro atoms. The van der Waals surface area contributed by atoms with Crippen LogP contribution in [0.5, 0.6) is 0 Å². The highest BCUT2D eigenvalue weighted by molar-refractivity contribution is 5.43. The van der Waals surface area contributed by atoms with Crippen molar-refractivity contribution in [2.75, 3.05) is 0 Å². The van der Waals surface area contributed by atoms with Gasteiger partial charge in [0.25, 0.3) is 0 Å². The second kappa shape index (κ2) is 4.94. The van der Waals surface area contributed by atoms with Gasteiger partial charge in [0.15, 0.2) is 0 Å². The third kappa shape index (κ3) is 2.43. The highest BCUT2D eigenvalue weighted by Crippen LogP contribution is 2.33. The Labute approximate surface area is 115 Å². The van der Waals surface area contributed by atoms with Gasteiger partial charge < -0.3 is 5.73 Å². The predicted molar refractivity (Wildman–Crippen MR) is 70.7 cm³/mol. The minimum atomic E-state index is -4.39. The second-order valence-electron chi connectivity index (χ2n) is 4.75. The molecule has 1 heterocycles. The summed E-state index contributed by atoms with van der Waals surface area (Å²) in [6, 6.07) is 3.92. The Morgan fingerprint density at radius 3 is 2.30 bits per heavy atom. The number of hydrogen-bond donors (Lipinski definition) is 1. The number of hydrogen-bond acceptors (Lipinski definition) is 2. The van der Waals surface area contributed by atoms with E-state index in [-0.39, 0.29) is 12.1 Å². The summed E-state index contributed by atoms with van der Waals surface area (Å²) in [4.78, 5) is 0. The molecule has 0 saturated carbocycles. The van der Waals surface area contributed by atoms with Crippen LogP contribution in [0.4, 0.5) is 13.2 Å². The smallest absolute Gasteiger partial charge is 0.326 e. The van der Waals surface area contributed by atoms with Crippen molar-refractivity contribution in [1.29, 1.82) is 0 Å². The standard InChI is InChI=1S/C14H16F3N3/c1-8-9(2)19-20(10(8)3)12-4-5-13(14(15,16)17)11(6-12)7-18/h4-6H,7,18H2,1-3H3. The molecule has 0 saturated heterocycles. The Morgan fingerprint density at radius 1 is 1.20 bits per heavy atom. The minimum Gasteiger partial charge on any atom is -0.326 e. The molecule has 0 fully saturated rings. The van der Waals surface area contributed by atoms with E-state index < -0.39 is 11.7 Å². The van der Waals surface area contributed by atoms with E-state index in [9.17, 15) is 13.2 Å². The van der Waals surface area contributed by atoms with Crippen molar-refractivity contribution in [2.45, 2.75) is 33.5 Å². The molecule has 0 amide bonds. The maximum Gasteiger partial charge on any atom is 0.416 e. The summed E-state index contributed by atoms with van der Waals surface area (Å²) < 4.78 is 40.2. The highest BCUT2D eigenvalue weighted by Gasteiger charge is 2.33. The Morgan fingerprint density at radius 2 is 1.85 bits per heavy atom. The van der Waals surface area contributed by atoms with Gasteiger partial charge in [0.2, 0.25) is 0 Å². The van der Waals surface area contributed by atoms with E-state index in [1.165, 1.54) is 12.1 Å². The zero-order valence-corrected chi connectivity index (χ0v) is 11.5. The normalized spacial score (nSPS) is 11.9. The third-order valence-corrected chi connectivity index (χ3v) is 3.51. The van der Waals surface area contributed by atoms with E-state index in [4.69, 9.17) is 5.73 Å². The van der Waals surface area contributed by atoms with Gasteiger partial charge in [-0.05, 0) is 50.1 Å². The van der Waals surface area contributed by atoms with Gasteiger partial charge in [0.05, 0.1) is 16.9 Å². The summed E-state index contributed by atoms with van der Waals surface area (Å²) in [5.41, 5.74) is 8.20. The lowest BCUT2D eigenvalue weighted by Crippen LogP contribution is -2.13. The van der Waals surface area contributed by atoms with Crippen molar-refractivity contribution in [1.82, 2.24) is 9.78 Å². The second-order valence-corrected chi connectivity index (χ2v) is 4.75. The topological polar surface area (TPSA) is 43.8 Å². The summed E-state index contributed by atoms with van der Waals surface area (Å²) in [6.07, 6.45) is -4.39. The van der Waals surface area contributed by atoms with E-state index >= 15 is 0 Å². The molecule has 0 aliphatic heterocycles. The third-order valence-electron chi connectivity index (χ3n) is 3.51. The molecule has 3 nitrogen and oxygen atoms in total. The van der Waals surface area contributed by atoms with E-state index in [1.807, 2.05) is 20.8 Å². The van der Waals surface area contributed by atoms with Crippen LogP contribution in [-0.2, 0) is 12.7 Å². The van der Waals surface area contributed by atoms with Crippen LogP contribution in [0.25, 0.3) is 5.69 Å². The first kappa shape index (κ1) is 14.6. The summed E-state index contributed by atoms with van der Waals surface area (Å²) in [5.74, 6) is 0. The van der Waals surface area contributed by atoms with Gasteiger partial charge in [0, 0.05) is 12.2 Å². The lowest BCUT2D eigenvalue weighted by atomic mass is 10.1. The molecule has 0 unspecified atom stereocenters. The number of nitrogens with zero attached hydrogens (tertiary/aromatic N) is 2.